The summed E-state index contributed by atoms with van der Waals surface area (Å²) < 4.78 is 1.79. The van der Waals surface area contributed by atoms with E-state index in [2.05, 4.69) is 28.4 Å². The van der Waals surface area contributed by atoms with Gasteiger partial charge in [0.15, 0.2) is 5.78 Å². The van der Waals surface area contributed by atoms with Crippen LogP contribution in [0.1, 0.15) is 31.5 Å². The van der Waals surface area contributed by atoms with Crippen LogP contribution >= 0.6 is 0 Å². The van der Waals surface area contributed by atoms with Gasteiger partial charge in [0.1, 0.15) is 11.8 Å². The Labute approximate surface area is 145 Å². The number of carbonyl (C=O) groups excluding carboxylic acids is 1. The normalized spacial score (nSPS) is 28.1. The Morgan fingerprint density at radius 1 is 1.36 bits per heavy atom. The van der Waals surface area contributed by atoms with Crippen LogP contribution in [0.2, 0.25) is 0 Å². The maximum atomic E-state index is 12.4. The zero-order chi connectivity index (χ0) is 17.9. The van der Waals surface area contributed by atoms with E-state index in [0.29, 0.717) is 5.82 Å². The van der Waals surface area contributed by atoms with E-state index < -0.39 is 5.41 Å². The minimum atomic E-state index is -0.440. The first kappa shape index (κ1) is 15.7. The lowest BCUT2D eigenvalue weighted by molar-refractivity contribution is -0.121. The molecule has 8 nitrogen and oxygen atoms in total. The maximum absolute atomic E-state index is 12.4. The van der Waals surface area contributed by atoms with Gasteiger partial charge < -0.3 is 0 Å². The SMILES string of the molecule is CC1C(=O)C(C#N)=CC2(C)c3nn(C)c(-c4nnn(C)n4)c3CCC12. The minimum absolute atomic E-state index is 0.0554. The molecule has 4 rings (SSSR count). The summed E-state index contributed by atoms with van der Waals surface area (Å²) in [6.45, 7) is 4.01. The molecule has 2 aliphatic carbocycles. The van der Waals surface area contributed by atoms with Gasteiger partial charge in [-0.1, -0.05) is 19.9 Å². The number of nitrogens with zero attached hydrogens (tertiary/aromatic N) is 7. The highest BCUT2D eigenvalue weighted by Crippen LogP contribution is 2.50. The van der Waals surface area contributed by atoms with Crippen molar-refractivity contribution in [3.05, 3.63) is 22.9 Å². The quantitative estimate of drug-likeness (QED) is 0.772. The van der Waals surface area contributed by atoms with Crippen molar-refractivity contribution < 1.29 is 4.79 Å². The van der Waals surface area contributed by atoms with Crippen molar-refractivity contribution in [1.82, 2.24) is 30.0 Å². The van der Waals surface area contributed by atoms with Crippen molar-refractivity contribution in [2.45, 2.75) is 32.1 Å². The van der Waals surface area contributed by atoms with Crippen LogP contribution in [0.25, 0.3) is 11.5 Å². The summed E-state index contributed by atoms with van der Waals surface area (Å²) in [7, 11) is 3.60. The Morgan fingerprint density at radius 3 is 2.76 bits per heavy atom. The van der Waals surface area contributed by atoms with Gasteiger partial charge in [0.05, 0.1) is 18.3 Å². The number of allylic oxidation sites excluding steroid dienone is 2. The second-order valence-electron chi connectivity index (χ2n) is 7.15. The van der Waals surface area contributed by atoms with Gasteiger partial charge in [-0.2, -0.15) is 15.2 Å². The van der Waals surface area contributed by atoms with Crippen molar-refractivity contribution in [2.24, 2.45) is 25.9 Å². The van der Waals surface area contributed by atoms with Gasteiger partial charge in [0.2, 0.25) is 5.82 Å². The lowest BCUT2D eigenvalue weighted by atomic mass is 9.58. The third kappa shape index (κ3) is 2.02. The van der Waals surface area contributed by atoms with E-state index in [9.17, 15) is 10.1 Å². The van der Waals surface area contributed by atoms with E-state index in [0.717, 1.165) is 29.8 Å². The highest BCUT2D eigenvalue weighted by molar-refractivity contribution is 6.02. The summed E-state index contributed by atoms with van der Waals surface area (Å²) in [6.07, 6.45) is 3.49. The molecular weight excluding hydrogens is 318 g/mol. The molecule has 0 radical (unpaired) electrons. The number of fused-ring (bicyclic) bond motifs is 3. The van der Waals surface area contributed by atoms with Gasteiger partial charge >= 0.3 is 0 Å². The molecule has 0 saturated heterocycles. The molecule has 0 fully saturated rings. The molecular formula is C17H19N7O. The van der Waals surface area contributed by atoms with Gasteiger partial charge in [-0.3, -0.25) is 9.48 Å². The molecule has 8 heteroatoms. The first-order valence-electron chi connectivity index (χ1n) is 8.34. The number of ketones is 1. The summed E-state index contributed by atoms with van der Waals surface area (Å²) in [5, 5.41) is 26.5. The monoisotopic (exact) mass is 337 g/mol. The third-order valence-electron chi connectivity index (χ3n) is 5.70. The zero-order valence-electron chi connectivity index (χ0n) is 14.7. The van der Waals surface area contributed by atoms with Gasteiger partial charge in [0, 0.05) is 23.9 Å². The molecule has 3 atom stereocenters. The van der Waals surface area contributed by atoms with Crippen LogP contribution in [0.4, 0.5) is 0 Å². The number of hydrogen-bond acceptors (Lipinski definition) is 6. The molecule has 0 amide bonds. The molecule has 2 heterocycles. The van der Waals surface area contributed by atoms with Crippen LogP contribution in [-0.2, 0) is 30.7 Å². The maximum Gasteiger partial charge on any atom is 0.223 e. The molecule has 3 unspecified atom stereocenters. The molecule has 0 aliphatic heterocycles. The Morgan fingerprint density at radius 2 is 2.12 bits per heavy atom. The largest absolute Gasteiger partial charge is 0.293 e. The third-order valence-corrected chi connectivity index (χ3v) is 5.70. The number of Topliss-reactive ketones (excluding diaryl/α,β-unsaturated/α-hetero) is 1. The topological polar surface area (TPSA) is 102 Å². The second kappa shape index (κ2) is 5.09. The fourth-order valence-corrected chi connectivity index (χ4v) is 4.50. The predicted molar refractivity (Wildman–Crippen MR) is 88.0 cm³/mol. The predicted octanol–water partition coefficient (Wildman–Crippen LogP) is 1.10. The highest BCUT2D eigenvalue weighted by atomic mass is 16.1. The number of aromatic nitrogens is 6. The van der Waals surface area contributed by atoms with E-state index in [1.54, 1.807) is 11.7 Å². The summed E-state index contributed by atoms with van der Waals surface area (Å²) in [6, 6.07) is 2.07. The number of tetrazole rings is 1. The molecule has 0 N–H and O–H groups in total. The number of rotatable bonds is 1. The van der Waals surface area contributed by atoms with Crippen LogP contribution < -0.4 is 0 Å². The van der Waals surface area contributed by atoms with Gasteiger partial charge in [0.25, 0.3) is 0 Å². The average molecular weight is 337 g/mol. The lowest BCUT2D eigenvalue weighted by Gasteiger charge is -2.44. The van der Waals surface area contributed by atoms with Crippen LogP contribution in [-0.4, -0.2) is 35.8 Å². The zero-order valence-corrected chi connectivity index (χ0v) is 14.7. The number of hydrogen-bond donors (Lipinski definition) is 0. The van der Waals surface area contributed by atoms with Crippen molar-refractivity contribution in [3.8, 4) is 17.6 Å². The van der Waals surface area contributed by atoms with Gasteiger partial charge in [-0.05, 0) is 24.0 Å². The van der Waals surface area contributed by atoms with Crippen LogP contribution in [0, 0.1) is 23.2 Å². The molecule has 2 aliphatic rings. The average Bonchev–Trinajstić information content (AvgIpc) is 3.14. The van der Waals surface area contributed by atoms with E-state index in [-0.39, 0.29) is 23.2 Å². The number of carbonyl (C=O) groups is 1. The molecule has 0 saturated carbocycles. The molecule has 0 aromatic carbocycles. The van der Waals surface area contributed by atoms with E-state index in [1.165, 1.54) is 4.80 Å². The van der Waals surface area contributed by atoms with Gasteiger partial charge in [-0.25, -0.2) is 0 Å². The van der Waals surface area contributed by atoms with Crippen molar-refractivity contribution in [2.75, 3.05) is 0 Å². The Bertz CT molecular complexity index is 960. The first-order valence-corrected chi connectivity index (χ1v) is 8.34. The lowest BCUT2D eigenvalue weighted by Crippen LogP contribution is -2.45. The molecule has 0 spiro atoms. The van der Waals surface area contributed by atoms with Crippen LogP contribution in [0.15, 0.2) is 11.6 Å². The number of aryl methyl sites for hydroxylation is 2. The first-order chi connectivity index (χ1) is 11.9. The molecule has 0 bridgehead atoms. The summed E-state index contributed by atoms with van der Waals surface area (Å²) in [5.74, 6) is 0.449. The Balaban J connectivity index is 1.94. The van der Waals surface area contributed by atoms with E-state index >= 15 is 0 Å². The smallest absolute Gasteiger partial charge is 0.223 e. The fraction of sp³-hybridized carbons (Fsp3) is 0.529. The fourth-order valence-electron chi connectivity index (χ4n) is 4.50. The summed E-state index contributed by atoms with van der Waals surface area (Å²) in [4.78, 5) is 13.8. The van der Waals surface area contributed by atoms with Crippen LogP contribution in [0.5, 0.6) is 0 Å². The van der Waals surface area contributed by atoms with Crippen LogP contribution in [0.3, 0.4) is 0 Å². The molecule has 128 valence electrons. The molecule has 2 aromatic heterocycles. The van der Waals surface area contributed by atoms with E-state index in [4.69, 9.17) is 5.10 Å². The molecule has 2 aromatic rings. The standard InChI is InChI=1S/C17H19N7O/c1-9-12-6-5-11-13(16-19-22-24(4)21-16)23(3)20-15(11)17(12,2)7-10(8-18)14(9)25/h7,9,12H,5-6H2,1-4H3. The minimum Gasteiger partial charge on any atom is -0.293 e. The Kier molecular flexibility index (Phi) is 3.19. The summed E-state index contributed by atoms with van der Waals surface area (Å²) in [5.41, 5.74) is 2.66. The second-order valence-corrected chi connectivity index (χ2v) is 7.15. The summed E-state index contributed by atoms with van der Waals surface area (Å²) >= 11 is 0. The Hall–Kier alpha value is -2.82. The van der Waals surface area contributed by atoms with Crippen molar-refractivity contribution in [3.63, 3.8) is 0 Å². The number of nitriles is 1. The highest BCUT2D eigenvalue weighted by Gasteiger charge is 2.50. The van der Waals surface area contributed by atoms with E-state index in [1.807, 2.05) is 20.0 Å². The van der Waals surface area contributed by atoms with Crippen molar-refractivity contribution >= 4 is 5.78 Å². The molecule has 25 heavy (non-hydrogen) atoms. The van der Waals surface area contributed by atoms with Gasteiger partial charge in [-0.15, -0.1) is 10.2 Å². The van der Waals surface area contributed by atoms with Crippen molar-refractivity contribution in [1.29, 1.82) is 5.26 Å².